The number of carbonyl (C=O) groups excluding carboxylic acids is 1. The Labute approximate surface area is 153 Å². The van der Waals surface area contributed by atoms with Gasteiger partial charge in [0.15, 0.2) is 11.5 Å². The molecule has 6 nitrogen and oxygen atoms in total. The van der Waals surface area contributed by atoms with Crippen LogP contribution in [0.5, 0.6) is 23.0 Å². The predicted molar refractivity (Wildman–Crippen MR) is 101 cm³/mol. The summed E-state index contributed by atoms with van der Waals surface area (Å²) in [7, 11) is 4.52. The highest BCUT2D eigenvalue weighted by Gasteiger charge is 2.17. The van der Waals surface area contributed by atoms with Crippen molar-refractivity contribution in [3.05, 3.63) is 54.1 Å². The summed E-state index contributed by atoms with van der Waals surface area (Å²) in [6.07, 6.45) is 0. The molecule has 0 saturated heterocycles. The van der Waals surface area contributed by atoms with E-state index in [2.05, 4.69) is 11.9 Å². The molecule has 0 fully saturated rings. The second kappa shape index (κ2) is 8.80. The first-order valence-corrected chi connectivity index (χ1v) is 7.97. The Morgan fingerprint density at radius 2 is 1.58 bits per heavy atom. The topological polar surface area (TPSA) is 66.0 Å². The van der Waals surface area contributed by atoms with Gasteiger partial charge in [0.2, 0.25) is 5.75 Å². The Balaban J connectivity index is 2.15. The molecule has 2 aromatic rings. The largest absolute Gasteiger partial charge is 0.493 e. The van der Waals surface area contributed by atoms with Crippen LogP contribution in [0.25, 0.3) is 0 Å². The minimum absolute atomic E-state index is 0.292. The Morgan fingerprint density at radius 1 is 1.00 bits per heavy atom. The van der Waals surface area contributed by atoms with Crippen LogP contribution in [0, 0.1) is 0 Å². The first kappa shape index (κ1) is 19.2. The summed E-state index contributed by atoms with van der Waals surface area (Å²) < 4.78 is 21.3. The zero-order chi connectivity index (χ0) is 19.1. The molecule has 0 aliphatic rings. The van der Waals surface area contributed by atoms with Crippen molar-refractivity contribution in [1.82, 2.24) is 0 Å². The Hall–Kier alpha value is -3.15. The highest BCUT2D eigenvalue weighted by Crippen LogP contribution is 2.38. The lowest BCUT2D eigenvalue weighted by Crippen LogP contribution is -2.12. The summed E-state index contributed by atoms with van der Waals surface area (Å²) in [4.78, 5) is 12.5. The van der Waals surface area contributed by atoms with E-state index in [1.165, 1.54) is 21.3 Å². The third-order valence-electron chi connectivity index (χ3n) is 3.52. The molecule has 26 heavy (non-hydrogen) atoms. The van der Waals surface area contributed by atoms with Crippen molar-refractivity contribution in [1.29, 1.82) is 0 Å². The average Bonchev–Trinajstić information content (AvgIpc) is 2.65. The molecule has 0 heterocycles. The first-order chi connectivity index (χ1) is 12.5. The van der Waals surface area contributed by atoms with E-state index in [1.807, 2.05) is 6.92 Å². The van der Waals surface area contributed by atoms with Crippen LogP contribution >= 0.6 is 0 Å². The lowest BCUT2D eigenvalue weighted by Gasteiger charge is -2.14. The summed E-state index contributed by atoms with van der Waals surface area (Å²) in [6.45, 7) is 6.14. The summed E-state index contributed by atoms with van der Waals surface area (Å²) in [5, 5.41) is 2.83. The van der Waals surface area contributed by atoms with Crippen LogP contribution in [0.1, 0.15) is 17.3 Å². The monoisotopic (exact) mass is 357 g/mol. The molecule has 0 atom stereocenters. The summed E-state index contributed by atoms with van der Waals surface area (Å²) in [5.41, 5.74) is 1.97. The van der Waals surface area contributed by atoms with Crippen molar-refractivity contribution in [2.75, 3.05) is 33.3 Å². The molecule has 0 aromatic heterocycles. The van der Waals surface area contributed by atoms with Crippen LogP contribution in [-0.2, 0) is 0 Å². The quantitative estimate of drug-likeness (QED) is 0.726. The van der Waals surface area contributed by atoms with Gasteiger partial charge in [-0.3, -0.25) is 4.79 Å². The van der Waals surface area contributed by atoms with Gasteiger partial charge in [-0.15, -0.1) is 0 Å². The summed E-state index contributed by atoms with van der Waals surface area (Å²) in [6, 6.07) is 10.3. The Morgan fingerprint density at radius 3 is 2.04 bits per heavy atom. The summed E-state index contributed by atoms with van der Waals surface area (Å²) >= 11 is 0. The van der Waals surface area contributed by atoms with Gasteiger partial charge in [-0.1, -0.05) is 6.58 Å². The molecule has 2 aromatic carbocycles. The number of hydrogen-bond acceptors (Lipinski definition) is 5. The average molecular weight is 357 g/mol. The van der Waals surface area contributed by atoms with Crippen molar-refractivity contribution in [2.45, 2.75) is 6.92 Å². The second-order valence-corrected chi connectivity index (χ2v) is 5.64. The van der Waals surface area contributed by atoms with Gasteiger partial charge in [0.25, 0.3) is 5.91 Å². The van der Waals surface area contributed by atoms with Crippen molar-refractivity contribution in [3.8, 4) is 23.0 Å². The molecule has 6 heteroatoms. The lowest BCUT2D eigenvalue weighted by atomic mass is 10.1. The van der Waals surface area contributed by atoms with Crippen LogP contribution in [0.15, 0.2) is 48.6 Å². The molecular weight excluding hydrogens is 334 g/mol. The number of carbonyl (C=O) groups is 1. The van der Waals surface area contributed by atoms with E-state index in [4.69, 9.17) is 18.9 Å². The molecule has 138 valence electrons. The standard InChI is InChI=1S/C20H23NO5/c1-13(2)12-26-16-8-6-15(7-9-16)21-20(22)14-10-17(23-3)19(25-5)18(11-14)24-4/h6-11H,1,12H2,2-5H3,(H,21,22). The maximum atomic E-state index is 12.5. The predicted octanol–water partition coefficient (Wildman–Crippen LogP) is 3.92. The number of rotatable bonds is 8. The molecule has 0 saturated carbocycles. The molecule has 0 bridgehead atoms. The van der Waals surface area contributed by atoms with Gasteiger partial charge in [-0.05, 0) is 48.9 Å². The number of nitrogens with one attached hydrogen (secondary N) is 1. The Bertz CT molecular complexity index is 758. The van der Waals surface area contributed by atoms with Gasteiger partial charge < -0.3 is 24.3 Å². The van der Waals surface area contributed by atoms with Crippen LogP contribution in [0.3, 0.4) is 0 Å². The van der Waals surface area contributed by atoms with E-state index in [9.17, 15) is 4.79 Å². The highest BCUT2D eigenvalue weighted by atomic mass is 16.5. The van der Waals surface area contributed by atoms with Crippen LogP contribution in [0.4, 0.5) is 5.69 Å². The molecule has 0 aliphatic heterocycles. The van der Waals surface area contributed by atoms with E-state index in [0.29, 0.717) is 40.9 Å². The van der Waals surface area contributed by atoms with Gasteiger partial charge in [0, 0.05) is 11.3 Å². The van der Waals surface area contributed by atoms with Crippen LogP contribution < -0.4 is 24.3 Å². The fraction of sp³-hybridized carbons (Fsp3) is 0.250. The second-order valence-electron chi connectivity index (χ2n) is 5.64. The van der Waals surface area contributed by atoms with Crippen molar-refractivity contribution in [3.63, 3.8) is 0 Å². The minimum atomic E-state index is -0.292. The maximum absolute atomic E-state index is 12.5. The third-order valence-corrected chi connectivity index (χ3v) is 3.52. The number of hydrogen-bond donors (Lipinski definition) is 1. The van der Waals surface area contributed by atoms with Gasteiger partial charge in [-0.25, -0.2) is 0 Å². The van der Waals surface area contributed by atoms with E-state index < -0.39 is 0 Å². The van der Waals surface area contributed by atoms with Crippen LogP contribution in [0.2, 0.25) is 0 Å². The molecule has 1 amide bonds. The zero-order valence-corrected chi connectivity index (χ0v) is 15.4. The number of benzene rings is 2. The summed E-state index contributed by atoms with van der Waals surface area (Å²) in [5.74, 6) is 1.69. The number of methoxy groups -OCH3 is 3. The number of ether oxygens (including phenoxy) is 4. The van der Waals surface area contributed by atoms with E-state index in [-0.39, 0.29) is 5.91 Å². The first-order valence-electron chi connectivity index (χ1n) is 7.97. The lowest BCUT2D eigenvalue weighted by molar-refractivity contribution is 0.102. The van der Waals surface area contributed by atoms with Gasteiger partial charge in [0.1, 0.15) is 12.4 Å². The fourth-order valence-corrected chi connectivity index (χ4v) is 2.26. The smallest absolute Gasteiger partial charge is 0.255 e. The van der Waals surface area contributed by atoms with Crippen molar-refractivity contribution >= 4 is 11.6 Å². The Kier molecular flexibility index (Phi) is 6.49. The molecule has 0 aliphatic carbocycles. The van der Waals surface area contributed by atoms with Gasteiger partial charge in [-0.2, -0.15) is 0 Å². The highest BCUT2D eigenvalue weighted by molar-refractivity contribution is 6.05. The van der Waals surface area contributed by atoms with Crippen molar-refractivity contribution < 1.29 is 23.7 Å². The van der Waals surface area contributed by atoms with Gasteiger partial charge >= 0.3 is 0 Å². The SMILES string of the molecule is C=C(C)COc1ccc(NC(=O)c2cc(OC)c(OC)c(OC)c2)cc1. The fourth-order valence-electron chi connectivity index (χ4n) is 2.26. The third kappa shape index (κ3) is 4.69. The molecule has 2 rings (SSSR count). The maximum Gasteiger partial charge on any atom is 0.255 e. The van der Waals surface area contributed by atoms with Crippen LogP contribution in [-0.4, -0.2) is 33.8 Å². The number of anilines is 1. The van der Waals surface area contributed by atoms with Gasteiger partial charge in [0.05, 0.1) is 21.3 Å². The zero-order valence-electron chi connectivity index (χ0n) is 15.4. The van der Waals surface area contributed by atoms with E-state index in [0.717, 1.165) is 5.57 Å². The molecular formula is C20H23NO5. The van der Waals surface area contributed by atoms with E-state index in [1.54, 1.807) is 36.4 Å². The molecule has 0 spiro atoms. The normalized spacial score (nSPS) is 10.0. The number of amides is 1. The molecule has 1 N–H and O–H groups in total. The van der Waals surface area contributed by atoms with E-state index >= 15 is 0 Å². The molecule has 0 radical (unpaired) electrons. The minimum Gasteiger partial charge on any atom is -0.493 e. The molecule has 0 unspecified atom stereocenters. The van der Waals surface area contributed by atoms with Crippen molar-refractivity contribution in [2.24, 2.45) is 0 Å².